The van der Waals surface area contributed by atoms with Gasteiger partial charge in [0, 0.05) is 107 Å². The van der Waals surface area contributed by atoms with Gasteiger partial charge in [0.2, 0.25) is 23.6 Å². The number of anilines is 1. The molecule has 31 nitrogen and oxygen atoms in total. The quantitative estimate of drug-likeness (QED) is 0.0197. The van der Waals surface area contributed by atoms with E-state index in [1.807, 2.05) is 40.3 Å². The Hall–Kier alpha value is -7.92. The highest BCUT2D eigenvalue weighted by Gasteiger charge is 2.33. The number of hydrogen-bond donors (Lipinski definition) is 11. The van der Waals surface area contributed by atoms with E-state index in [1.54, 1.807) is 12.3 Å². The Labute approximate surface area is 501 Å². The number of pyridine rings is 2. The number of nitrogens with zero attached hydrogens (tertiary/aromatic N) is 7. The Kier molecular flexibility index (Phi) is 25.6. The molecule has 4 aromatic rings. The fourth-order valence-corrected chi connectivity index (χ4v) is 11.4. The lowest BCUT2D eigenvalue weighted by molar-refractivity contribution is -0.140. The van der Waals surface area contributed by atoms with Crippen molar-refractivity contribution in [2.24, 2.45) is 0 Å². The molecule has 2 aliphatic heterocycles. The van der Waals surface area contributed by atoms with E-state index < -0.39 is 124 Å². The van der Waals surface area contributed by atoms with Gasteiger partial charge in [0.15, 0.2) is 0 Å². The summed E-state index contributed by atoms with van der Waals surface area (Å²) in [6.45, 7) is -1.50. The summed E-state index contributed by atoms with van der Waals surface area (Å²) in [5.74, 6) is -10.6. The van der Waals surface area contributed by atoms with E-state index in [9.17, 15) is 84.7 Å². The van der Waals surface area contributed by atoms with Gasteiger partial charge >= 0.3 is 23.9 Å². The summed E-state index contributed by atoms with van der Waals surface area (Å²) in [5, 5.41) is 51.8. The van der Waals surface area contributed by atoms with Crippen LogP contribution in [0.1, 0.15) is 54.1 Å². The lowest BCUT2D eigenvalue weighted by Gasteiger charge is -2.33. The van der Waals surface area contributed by atoms with E-state index >= 15 is 0 Å². The zero-order chi connectivity index (χ0) is 63.3. The number of rotatable bonds is 31. The normalized spacial score (nSPS) is 16.1. The van der Waals surface area contributed by atoms with Crippen molar-refractivity contribution in [2.45, 2.75) is 63.1 Å². The van der Waals surface area contributed by atoms with E-state index in [2.05, 4.69) is 38.4 Å². The van der Waals surface area contributed by atoms with Gasteiger partial charge in [-0.2, -0.15) is 16.8 Å². The summed E-state index contributed by atoms with van der Waals surface area (Å²) in [7, 11) is -10.1. The van der Waals surface area contributed by atoms with Crippen molar-refractivity contribution in [3.8, 4) is 5.75 Å². The molecule has 3 aromatic heterocycles. The number of aliphatic carboxylic acids is 4. The predicted molar refractivity (Wildman–Crippen MR) is 311 cm³/mol. The van der Waals surface area contributed by atoms with Crippen LogP contribution in [0.2, 0.25) is 0 Å². The summed E-state index contributed by atoms with van der Waals surface area (Å²) >= 11 is 0. The van der Waals surface area contributed by atoms with Crippen LogP contribution in [0.5, 0.6) is 5.75 Å². The molecule has 6 rings (SSSR count). The summed E-state index contributed by atoms with van der Waals surface area (Å²) in [4.78, 5) is 115. The molecule has 476 valence electrons. The van der Waals surface area contributed by atoms with Crippen LogP contribution in [0, 0.1) is 0 Å². The van der Waals surface area contributed by atoms with Gasteiger partial charge in [-0.15, -0.1) is 0 Å². The molecule has 4 amide bonds. The van der Waals surface area contributed by atoms with Crippen LogP contribution in [0.3, 0.4) is 0 Å². The van der Waals surface area contributed by atoms with Crippen molar-refractivity contribution in [1.82, 2.24) is 55.4 Å². The molecule has 33 heteroatoms. The van der Waals surface area contributed by atoms with Crippen LogP contribution in [0.25, 0.3) is 10.9 Å². The fraction of sp³-hybridized carbons (Fsp3) is 0.519. The third-order valence-corrected chi connectivity index (χ3v) is 15.8. The summed E-state index contributed by atoms with van der Waals surface area (Å²) in [6.07, 6.45) is 8.23. The second kappa shape index (κ2) is 32.7. The van der Waals surface area contributed by atoms with Gasteiger partial charge in [-0.25, -0.2) is 4.98 Å². The maximum Gasteiger partial charge on any atom is 0.317 e. The number of benzene rings is 1. The molecule has 0 aliphatic carbocycles. The number of carboxylic acid groups (broad SMARTS) is 4. The van der Waals surface area contributed by atoms with E-state index in [-0.39, 0.29) is 91.3 Å². The number of fused-ring (bicyclic) bond motifs is 2. The first kappa shape index (κ1) is 68.2. The number of amides is 4. The van der Waals surface area contributed by atoms with Crippen molar-refractivity contribution in [3.63, 3.8) is 0 Å². The third-order valence-electron chi connectivity index (χ3n) is 14.3. The highest BCUT2D eigenvalue weighted by atomic mass is 32.2. The third kappa shape index (κ3) is 23.7. The maximum atomic E-state index is 13.6. The van der Waals surface area contributed by atoms with E-state index in [0.717, 1.165) is 47.4 Å². The minimum Gasteiger partial charge on any atom is -0.492 e. The monoisotopic (exact) mass is 1260 g/mol. The Bertz CT molecular complexity index is 3280. The lowest BCUT2D eigenvalue weighted by Crippen LogP contribution is -2.58. The minimum absolute atomic E-state index is 0.0154. The summed E-state index contributed by atoms with van der Waals surface area (Å²) < 4.78 is 75.4. The molecule has 0 bridgehead atoms. The largest absolute Gasteiger partial charge is 0.492 e. The fourth-order valence-electron chi connectivity index (χ4n) is 10.1. The van der Waals surface area contributed by atoms with Crippen LogP contribution >= 0.6 is 0 Å². The molecule has 1 unspecified atom stereocenters. The lowest BCUT2D eigenvalue weighted by atomic mass is 10.0. The van der Waals surface area contributed by atoms with Gasteiger partial charge in [-0.1, -0.05) is 18.2 Å². The number of carbonyl (C=O) groups is 8. The second-order valence-electron chi connectivity index (χ2n) is 21.0. The van der Waals surface area contributed by atoms with Crippen LogP contribution in [-0.2, 0) is 77.9 Å². The van der Waals surface area contributed by atoms with Gasteiger partial charge in [-0.3, -0.25) is 72.0 Å². The van der Waals surface area contributed by atoms with Gasteiger partial charge < -0.3 is 56.3 Å². The number of aryl methyl sites for hydroxylation is 3. The SMILES string of the molecule is O=C(O)CC(c1cncc(OCCCC(=O)NCCNC(=O)[C@H](CS(=O)(=O)O)NC(=O)[C@H](CS(=O)(=O)O)NC(=O)CN2CCN(CC(=O)O)CCN(CC(=O)O)CCN(CC(=O)O)CC2)c1)n1ccc2c(CCc3ccc4c(n3)NCCC4)cccc21. The smallest absolute Gasteiger partial charge is 0.317 e. The Morgan fingerprint density at radius 3 is 1.83 bits per heavy atom. The van der Waals surface area contributed by atoms with Crippen molar-refractivity contribution in [2.75, 3.05) is 122 Å². The average Bonchev–Trinajstić information content (AvgIpc) is 1.78. The maximum absolute atomic E-state index is 13.6. The van der Waals surface area contributed by atoms with E-state index in [0.29, 0.717) is 24.2 Å². The number of carboxylic acids is 4. The standard InChI is InChI=1S/C54H74N12O19S2/c67-46(7-3-25-85-40-26-38(28-55-29-40)45(27-48(69)70)66-16-12-41-36(4-1-6-44(41)66)8-10-39-11-9-37-5-2-13-57-52(37)59-39)56-14-15-58-53(77)42(34-86(79,80)81)61-54(78)43(35-87(82,83)84)60-47(68)30-62-17-19-63(31-49(71)72)21-23-65(33-51(75)76)24-22-64(20-18-62)32-50(73)74/h1,4,6,9,11-12,16,26,28-29,42-43,45H,2-3,5,7-8,10,13-15,17-25,27,30-35H2,(H,56,67)(H,57,59)(H,58,77)(H,60,68)(H,61,78)(H,69,70)(H,71,72)(H,73,74)(H,75,76)(H,79,80,81)(H,82,83,84)/t42-,43-,45?/m0/s1. The molecule has 1 saturated heterocycles. The summed E-state index contributed by atoms with van der Waals surface area (Å²) in [6, 6.07) is 8.79. The van der Waals surface area contributed by atoms with Gasteiger partial charge in [0.25, 0.3) is 20.2 Å². The first-order chi connectivity index (χ1) is 41.3. The first-order valence-electron chi connectivity index (χ1n) is 28.0. The Morgan fingerprint density at radius 2 is 1.24 bits per heavy atom. The Balaban J connectivity index is 0.992. The van der Waals surface area contributed by atoms with Gasteiger partial charge in [-0.05, 0) is 73.1 Å². The van der Waals surface area contributed by atoms with Crippen LogP contribution in [0.15, 0.2) is 61.1 Å². The Morgan fingerprint density at radius 1 is 0.655 bits per heavy atom. The van der Waals surface area contributed by atoms with E-state index in [1.165, 1.54) is 31.4 Å². The number of hydrogen-bond acceptors (Lipinski definition) is 20. The molecule has 87 heavy (non-hydrogen) atoms. The minimum atomic E-state index is -5.09. The molecule has 0 spiro atoms. The number of carbonyl (C=O) groups excluding carboxylic acids is 4. The molecule has 1 fully saturated rings. The first-order valence-corrected chi connectivity index (χ1v) is 31.2. The van der Waals surface area contributed by atoms with Crippen molar-refractivity contribution < 1.29 is 89.5 Å². The average molecular weight is 1260 g/mol. The molecular formula is C54H74N12O19S2. The van der Waals surface area contributed by atoms with Crippen LogP contribution < -0.4 is 31.3 Å². The van der Waals surface area contributed by atoms with Crippen LogP contribution in [-0.4, -0.2) is 256 Å². The number of aromatic nitrogens is 3. The van der Waals surface area contributed by atoms with Gasteiger partial charge in [0.1, 0.15) is 35.2 Å². The molecule has 5 heterocycles. The van der Waals surface area contributed by atoms with Crippen molar-refractivity contribution in [1.29, 1.82) is 0 Å². The second-order valence-corrected chi connectivity index (χ2v) is 24.0. The number of nitrogens with one attached hydrogen (secondary N) is 5. The predicted octanol–water partition coefficient (Wildman–Crippen LogP) is -1.75. The van der Waals surface area contributed by atoms with Crippen molar-refractivity contribution >= 4 is 84.5 Å². The molecule has 3 atom stereocenters. The molecule has 2 aliphatic rings. The van der Waals surface area contributed by atoms with Crippen molar-refractivity contribution in [3.05, 3.63) is 83.4 Å². The molecule has 0 radical (unpaired) electrons. The highest BCUT2D eigenvalue weighted by Crippen LogP contribution is 2.31. The molecular weight excluding hydrogens is 1180 g/mol. The zero-order valence-corrected chi connectivity index (χ0v) is 49.3. The zero-order valence-electron chi connectivity index (χ0n) is 47.6. The molecule has 11 N–H and O–H groups in total. The van der Waals surface area contributed by atoms with Gasteiger partial charge in [0.05, 0.1) is 51.4 Å². The van der Waals surface area contributed by atoms with Crippen LogP contribution in [0.4, 0.5) is 5.82 Å². The highest BCUT2D eigenvalue weighted by molar-refractivity contribution is 7.86. The summed E-state index contributed by atoms with van der Waals surface area (Å²) in [5.41, 5.74) is 4.67. The van der Waals surface area contributed by atoms with E-state index in [4.69, 9.17) is 9.72 Å². The topological polar surface area (TPSA) is 439 Å². The molecule has 1 aromatic carbocycles. The number of ether oxygens (including phenoxy) is 1. The molecule has 0 saturated carbocycles.